The second-order valence-electron chi connectivity index (χ2n) is 8.46. The molecule has 0 spiro atoms. The Morgan fingerprint density at radius 3 is 2.74 bits per heavy atom. The number of fused-ring (bicyclic) bond motifs is 1. The molecule has 3 heterocycles. The van der Waals surface area contributed by atoms with Gasteiger partial charge in [-0.2, -0.15) is 10.1 Å². The molecule has 0 atom stereocenters. The summed E-state index contributed by atoms with van der Waals surface area (Å²) < 4.78 is 45.8. The number of nitrogens with one attached hydrogen (secondary N) is 3. The lowest BCUT2D eigenvalue weighted by Crippen LogP contribution is -2.29. The molecule has 9 nitrogen and oxygen atoms in total. The Kier molecular flexibility index (Phi) is 6.12. The topological polar surface area (TPSA) is 122 Å². The molecule has 0 unspecified atom stereocenters. The first-order valence-corrected chi connectivity index (χ1v) is 12.8. The fourth-order valence-corrected chi connectivity index (χ4v) is 6.15. The average Bonchev–Trinajstić information content (AvgIpc) is 3.29. The number of ether oxygens (including phenoxy) is 1. The Morgan fingerprint density at radius 1 is 1.17 bits per heavy atom. The van der Waals surface area contributed by atoms with E-state index >= 15 is 0 Å². The van der Waals surface area contributed by atoms with Gasteiger partial charge in [-0.05, 0) is 49.6 Å². The molecule has 35 heavy (non-hydrogen) atoms. The summed E-state index contributed by atoms with van der Waals surface area (Å²) in [4.78, 5) is 9.21. The van der Waals surface area contributed by atoms with Gasteiger partial charge in [0, 0.05) is 37.5 Å². The number of aromatic amines is 1. The highest BCUT2D eigenvalue weighted by Crippen LogP contribution is 2.33. The van der Waals surface area contributed by atoms with E-state index in [1.54, 1.807) is 37.5 Å². The molecule has 5 rings (SSSR count). The summed E-state index contributed by atoms with van der Waals surface area (Å²) in [5, 5.41) is 13.3. The SMILES string of the molecule is CNc1nc(Nc2cc(C)cc(S(=O)(=O)C3CCOCC3)c2)ncc1-c1n[nH]c2c(F)cccc12. The molecule has 2 aromatic heterocycles. The highest BCUT2D eigenvalue weighted by Gasteiger charge is 2.30. The first-order chi connectivity index (χ1) is 16.9. The Bertz CT molecular complexity index is 1500. The molecule has 0 aliphatic carbocycles. The van der Waals surface area contributed by atoms with Crippen LogP contribution in [-0.4, -0.2) is 54.1 Å². The van der Waals surface area contributed by atoms with Crippen molar-refractivity contribution in [1.82, 2.24) is 20.2 Å². The number of para-hydroxylation sites is 1. The molecule has 0 saturated carbocycles. The minimum atomic E-state index is -3.49. The zero-order valence-corrected chi connectivity index (χ0v) is 20.1. The molecule has 4 aromatic rings. The minimum absolute atomic E-state index is 0.266. The van der Waals surface area contributed by atoms with Crippen molar-refractivity contribution in [2.24, 2.45) is 0 Å². The lowest BCUT2D eigenvalue weighted by molar-refractivity contribution is 0.0983. The van der Waals surface area contributed by atoms with E-state index in [0.717, 1.165) is 5.56 Å². The quantitative estimate of drug-likeness (QED) is 0.363. The monoisotopic (exact) mass is 496 g/mol. The number of hydrogen-bond donors (Lipinski definition) is 3. The third kappa shape index (κ3) is 4.44. The van der Waals surface area contributed by atoms with Gasteiger partial charge in [-0.1, -0.05) is 12.1 Å². The molecular formula is C24H25FN6O3S. The molecule has 2 aromatic carbocycles. The second-order valence-corrected chi connectivity index (χ2v) is 10.7. The predicted octanol–water partition coefficient (Wildman–Crippen LogP) is 4.21. The number of aromatic nitrogens is 4. The van der Waals surface area contributed by atoms with Crippen LogP contribution < -0.4 is 10.6 Å². The number of nitrogens with zero attached hydrogens (tertiary/aromatic N) is 3. The van der Waals surface area contributed by atoms with Crippen LogP contribution in [0.2, 0.25) is 0 Å². The van der Waals surface area contributed by atoms with Gasteiger partial charge in [-0.3, -0.25) is 5.10 Å². The number of anilines is 3. The highest BCUT2D eigenvalue weighted by molar-refractivity contribution is 7.92. The number of aryl methyl sites for hydroxylation is 1. The molecule has 1 saturated heterocycles. The van der Waals surface area contributed by atoms with Crippen molar-refractivity contribution in [1.29, 1.82) is 0 Å². The first-order valence-electron chi connectivity index (χ1n) is 11.2. The maximum Gasteiger partial charge on any atom is 0.229 e. The summed E-state index contributed by atoms with van der Waals surface area (Å²) in [6.07, 6.45) is 2.57. The Morgan fingerprint density at radius 2 is 1.97 bits per heavy atom. The summed E-state index contributed by atoms with van der Waals surface area (Å²) in [6.45, 7) is 2.75. The molecule has 0 radical (unpaired) electrons. The summed E-state index contributed by atoms with van der Waals surface area (Å²) in [7, 11) is -1.77. The van der Waals surface area contributed by atoms with Crippen LogP contribution in [0, 0.1) is 12.7 Å². The zero-order chi connectivity index (χ0) is 24.6. The number of hydrogen-bond acceptors (Lipinski definition) is 8. The van der Waals surface area contributed by atoms with E-state index in [0.29, 0.717) is 59.7 Å². The number of rotatable bonds is 6. The van der Waals surface area contributed by atoms with Crippen molar-refractivity contribution < 1.29 is 17.5 Å². The number of benzene rings is 2. The summed E-state index contributed by atoms with van der Waals surface area (Å²) >= 11 is 0. The molecule has 11 heteroatoms. The fraction of sp³-hybridized carbons (Fsp3) is 0.292. The first kappa shape index (κ1) is 23.2. The van der Waals surface area contributed by atoms with Crippen molar-refractivity contribution in [2.45, 2.75) is 29.9 Å². The normalized spacial score (nSPS) is 14.8. The molecule has 0 amide bonds. The van der Waals surface area contributed by atoms with Crippen molar-refractivity contribution in [2.75, 3.05) is 30.9 Å². The van der Waals surface area contributed by atoms with Crippen LogP contribution in [-0.2, 0) is 14.6 Å². The molecular weight excluding hydrogens is 471 g/mol. The van der Waals surface area contributed by atoms with Gasteiger partial charge in [-0.25, -0.2) is 17.8 Å². The fourth-order valence-electron chi connectivity index (χ4n) is 4.31. The van der Waals surface area contributed by atoms with E-state index in [9.17, 15) is 12.8 Å². The van der Waals surface area contributed by atoms with E-state index in [-0.39, 0.29) is 10.8 Å². The van der Waals surface area contributed by atoms with E-state index in [2.05, 4.69) is 30.8 Å². The van der Waals surface area contributed by atoms with Crippen LogP contribution in [0.4, 0.5) is 21.8 Å². The number of H-pyrrole nitrogens is 1. The van der Waals surface area contributed by atoms with Gasteiger partial charge in [0.2, 0.25) is 5.95 Å². The number of halogens is 1. The standard InChI is InChI=1S/C24H25FN6O3S/c1-14-10-15(12-17(11-14)35(32,33)16-6-8-34-9-7-16)28-24-27-13-19(23(26-2)29-24)21-18-4-3-5-20(25)22(18)31-30-21/h3-5,10-13,16H,6-9H2,1-2H3,(H,30,31)(H2,26,27,28,29). The van der Waals surface area contributed by atoms with Gasteiger partial charge in [0.1, 0.15) is 22.8 Å². The predicted molar refractivity (Wildman–Crippen MR) is 132 cm³/mol. The average molecular weight is 497 g/mol. The van der Waals surface area contributed by atoms with E-state index in [1.165, 1.54) is 6.07 Å². The Balaban J connectivity index is 1.46. The van der Waals surface area contributed by atoms with E-state index in [1.807, 2.05) is 13.0 Å². The third-order valence-corrected chi connectivity index (χ3v) is 8.31. The third-order valence-electron chi connectivity index (χ3n) is 6.07. The van der Waals surface area contributed by atoms with Crippen molar-refractivity contribution in [3.8, 4) is 11.3 Å². The lowest BCUT2D eigenvalue weighted by Gasteiger charge is -2.22. The van der Waals surface area contributed by atoms with Crippen LogP contribution in [0.5, 0.6) is 0 Å². The lowest BCUT2D eigenvalue weighted by atomic mass is 10.1. The molecule has 0 bridgehead atoms. The molecule has 1 aliphatic heterocycles. The van der Waals surface area contributed by atoms with Gasteiger partial charge in [-0.15, -0.1) is 0 Å². The molecule has 1 fully saturated rings. The molecule has 182 valence electrons. The summed E-state index contributed by atoms with van der Waals surface area (Å²) in [5.74, 6) is 0.379. The van der Waals surface area contributed by atoms with Gasteiger partial charge >= 0.3 is 0 Å². The zero-order valence-electron chi connectivity index (χ0n) is 19.3. The highest BCUT2D eigenvalue weighted by atomic mass is 32.2. The van der Waals surface area contributed by atoms with Crippen molar-refractivity contribution in [3.05, 3.63) is 54.0 Å². The van der Waals surface area contributed by atoms with E-state index in [4.69, 9.17) is 4.74 Å². The van der Waals surface area contributed by atoms with E-state index < -0.39 is 20.9 Å². The molecule has 1 aliphatic rings. The smallest absolute Gasteiger partial charge is 0.229 e. The number of sulfone groups is 1. The minimum Gasteiger partial charge on any atom is -0.381 e. The van der Waals surface area contributed by atoms with Crippen LogP contribution in [0.3, 0.4) is 0 Å². The van der Waals surface area contributed by atoms with Crippen LogP contribution in [0.15, 0.2) is 47.5 Å². The van der Waals surface area contributed by atoms with Gasteiger partial charge < -0.3 is 15.4 Å². The largest absolute Gasteiger partial charge is 0.381 e. The summed E-state index contributed by atoms with van der Waals surface area (Å²) in [5.41, 5.74) is 2.80. The van der Waals surface area contributed by atoms with Gasteiger partial charge in [0.25, 0.3) is 0 Å². The Hall–Kier alpha value is -3.57. The molecule has 3 N–H and O–H groups in total. The van der Waals surface area contributed by atoms with Crippen molar-refractivity contribution >= 4 is 38.2 Å². The maximum absolute atomic E-state index is 14.1. The van der Waals surface area contributed by atoms with Gasteiger partial charge in [0.15, 0.2) is 9.84 Å². The second kappa shape index (κ2) is 9.23. The van der Waals surface area contributed by atoms with Crippen LogP contribution in [0.1, 0.15) is 18.4 Å². The van der Waals surface area contributed by atoms with Crippen molar-refractivity contribution in [3.63, 3.8) is 0 Å². The van der Waals surface area contributed by atoms with Crippen LogP contribution in [0.25, 0.3) is 22.2 Å². The summed E-state index contributed by atoms with van der Waals surface area (Å²) in [6, 6.07) is 9.89. The Labute approximate surface area is 202 Å². The van der Waals surface area contributed by atoms with Crippen LogP contribution >= 0.6 is 0 Å². The van der Waals surface area contributed by atoms with Gasteiger partial charge in [0.05, 0.1) is 15.7 Å². The maximum atomic E-state index is 14.1.